The Morgan fingerprint density at radius 1 is 1.08 bits per heavy atom. The summed E-state index contributed by atoms with van der Waals surface area (Å²) < 4.78 is 3.47. The summed E-state index contributed by atoms with van der Waals surface area (Å²) in [4.78, 5) is 17.0. The van der Waals surface area contributed by atoms with E-state index in [1.165, 1.54) is 0 Å². The molecule has 3 aromatic heterocycles. The molecule has 25 heavy (non-hydrogen) atoms. The van der Waals surface area contributed by atoms with E-state index in [0.29, 0.717) is 23.6 Å². The van der Waals surface area contributed by atoms with Crippen LogP contribution in [0.4, 0.5) is 5.69 Å². The highest BCUT2D eigenvalue weighted by Crippen LogP contribution is 2.21. The van der Waals surface area contributed by atoms with Crippen molar-refractivity contribution in [2.24, 2.45) is 0 Å². The Kier molecular flexibility index (Phi) is 3.95. The highest BCUT2D eigenvalue weighted by Gasteiger charge is 2.18. The molecule has 1 amide bonds. The molecule has 1 N–H and O–H groups in total. The highest BCUT2D eigenvalue weighted by molar-refractivity contribution is 6.33. The van der Waals surface area contributed by atoms with Crippen molar-refractivity contribution in [1.82, 2.24) is 19.2 Å². The number of nitrogens with zero attached hydrogens (tertiary/aromatic N) is 4. The van der Waals surface area contributed by atoms with Crippen molar-refractivity contribution in [3.05, 3.63) is 83.5 Å². The number of pyridine rings is 1. The lowest BCUT2D eigenvalue weighted by Gasteiger charge is -2.11. The molecule has 1 aromatic carbocycles. The second kappa shape index (κ2) is 6.41. The van der Waals surface area contributed by atoms with Crippen molar-refractivity contribution in [2.75, 3.05) is 5.32 Å². The predicted molar refractivity (Wildman–Crippen MR) is 95.9 cm³/mol. The summed E-state index contributed by atoms with van der Waals surface area (Å²) >= 11 is 6.18. The van der Waals surface area contributed by atoms with Gasteiger partial charge >= 0.3 is 0 Å². The van der Waals surface area contributed by atoms with Gasteiger partial charge in [0.25, 0.3) is 5.91 Å². The molecular formula is C18H14ClN5O. The molecule has 7 heteroatoms. The molecular weight excluding hydrogens is 338 g/mol. The Hall–Kier alpha value is -3.12. The summed E-state index contributed by atoms with van der Waals surface area (Å²) in [5, 5.41) is 7.31. The van der Waals surface area contributed by atoms with Gasteiger partial charge in [-0.3, -0.25) is 13.9 Å². The lowest BCUT2D eigenvalue weighted by Crippen LogP contribution is -2.16. The number of para-hydroxylation sites is 1. The van der Waals surface area contributed by atoms with E-state index in [4.69, 9.17) is 11.6 Å². The smallest absolute Gasteiger partial charge is 0.275 e. The minimum Gasteiger partial charge on any atom is -0.320 e. The quantitative estimate of drug-likeness (QED) is 0.612. The SMILES string of the molecule is O=C(Nc1ccccc1Cn1cccn1)c1c(Cl)nc2ccccn12. The minimum absolute atomic E-state index is 0.174. The van der Waals surface area contributed by atoms with Crippen molar-refractivity contribution in [3.63, 3.8) is 0 Å². The van der Waals surface area contributed by atoms with Crippen molar-refractivity contribution in [3.8, 4) is 0 Å². The van der Waals surface area contributed by atoms with Crippen molar-refractivity contribution >= 4 is 28.8 Å². The molecule has 0 bridgehead atoms. The van der Waals surface area contributed by atoms with Gasteiger partial charge in [0.05, 0.1) is 6.54 Å². The van der Waals surface area contributed by atoms with Crippen LogP contribution >= 0.6 is 11.6 Å². The normalized spacial score (nSPS) is 10.9. The maximum atomic E-state index is 12.8. The molecule has 0 atom stereocenters. The van der Waals surface area contributed by atoms with Gasteiger partial charge in [0.1, 0.15) is 5.65 Å². The molecule has 3 heterocycles. The number of hydrogen-bond acceptors (Lipinski definition) is 3. The number of carbonyl (C=O) groups excluding carboxylic acids is 1. The second-order valence-corrected chi connectivity index (χ2v) is 5.85. The van der Waals surface area contributed by atoms with Crippen LogP contribution in [-0.2, 0) is 6.54 Å². The molecule has 4 aromatic rings. The number of rotatable bonds is 4. The number of benzene rings is 1. The van der Waals surface area contributed by atoms with Crippen LogP contribution in [0.15, 0.2) is 67.1 Å². The molecule has 0 unspecified atom stereocenters. The maximum absolute atomic E-state index is 12.8. The molecule has 6 nitrogen and oxygen atoms in total. The van der Waals surface area contributed by atoms with E-state index in [2.05, 4.69) is 15.4 Å². The Bertz CT molecular complexity index is 1040. The summed E-state index contributed by atoms with van der Waals surface area (Å²) in [7, 11) is 0. The summed E-state index contributed by atoms with van der Waals surface area (Å²) in [5.41, 5.74) is 2.60. The molecule has 0 radical (unpaired) electrons. The van der Waals surface area contributed by atoms with Crippen LogP contribution in [-0.4, -0.2) is 25.1 Å². The van der Waals surface area contributed by atoms with Crippen molar-refractivity contribution < 1.29 is 4.79 Å². The first-order chi connectivity index (χ1) is 12.2. The number of aromatic nitrogens is 4. The lowest BCUT2D eigenvalue weighted by atomic mass is 10.1. The van der Waals surface area contributed by atoms with Crippen LogP contribution in [0.3, 0.4) is 0 Å². The van der Waals surface area contributed by atoms with Gasteiger partial charge in [0.15, 0.2) is 10.8 Å². The molecule has 0 saturated carbocycles. The maximum Gasteiger partial charge on any atom is 0.275 e. The average molecular weight is 352 g/mol. The van der Waals surface area contributed by atoms with Crippen LogP contribution in [0.2, 0.25) is 5.15 Å². The van der Waals surface area contributed by atoms with E-state index in [9.17, 15) is 4.79 Å². The van der Waals surface area contributed by atoms with E-state index in [-0.39, 0.29) is 11.1 Å². The van der Waals surface area contributed by atoms with Crippen molar-refractivity contribution in [1.29, 1.82) is 0 Å². The van der Waals surface area contributed by atoms with Gasteiger partial charge < -0.3 is 5.32 Å². The van der Waals surface area contributed by atoms with Crippen LogP contribution in [0, 0.1) is 0 Å². The molecule has 0 fully saturated rings. The zero-order valence-corrected chi connectivity index (χ0v) is 13.9. The van der Waals surface area contributed by atoms with E-state index < -0.39 is 0 Å². The molecule has 4 rings (SSSR count). The molecule has 124 valence electrons. The summed E-state index contributed by atoms with van der Waals surface area (Å²) in [6, 6.07) is 14.9. The third-order valence-electron chi connectivity index (χ3n) is 3.86. The number of anilines is 1. The third kappa shape index (κ3) is 2.99. The Morgan fingerprint density at radius 3 is 2.76 bits per heavy atom. The Balaban J connectivity index is 1.66. The van der Waals surface area contributed by atoms with Gasteiger partial charge in [0, 0.05) is 24.3 Å². The van der Waals surface area contributed by atoms with E-state index in [0.717, 1.165) is 5.56 Å². The number of halogens is 1. The highest BCUT2D eigenvalue weighted by atomic mass is 35.5. The van der Waals surface area contributed by atoms with Gasteiger partial charge in [-0.05, 0) is 29.8 Å². The number of hydrogen-bond donors (Lipinski definition) is 1. The first-order valence-corrected chi connectivity index (χ1v) is 8.09. The molecule has 0 aliphatic rings. The van der Waals surface area contributed by atoms with Gasteiger partial charge in [-0.2, -0.15) is 5.10 Å². The van der Waals surface area contributed by atoms with E-state index in [1.807, 2.05) is 48.7 Å². The lowest BCUT2D eigenvalue weighted by molar-refractivity contribution is 0.102. The van der Waals surface area contributed by atoms with E-state index >= 15 is 0 Å². The number of imidazole rings is 1. The fourth-order valence-electron chi connectivity index (χ4n) is 2.70. The fraction of sp³-hybridized carbons (Fsp3) is 0.0556. The number of nitrogens with one attached hydrogen (secondary N) is 1. The average Bonchev–Trinajstić information content (AvgIpc) is 3.23. The number of carbonyl (C=O) groups is 1. The number of amides is 1. The molecule has 0 saturated heterocycles. The minimum atomic E-state index is -0.309. The van der Waals surface area contributed by atoms with Crippen LogP contribution in [0.25, 0.3) is 5.65 Å². The molecule has 0 aliphatic heterocycles. The first kappa shape index (κ1) is 15.4. The zero-order chi connectivity index (χ0) is 17.2. The topological polar surface area (TPSA) is 64.2 Å². The summed E-state index contributed by atoms with van der Waals surface area (Å²) in [6.45, 7) is 0.560. The fourth-order valence-corrected chi connectivity index (χ4v) is 2.96. The van der Waals surface area contributed by atoms with Crippen LogP contribution < -0.4 is 5.32 Å². The molecule has 0 aliphatic carbocycles. The van der Waals surface area contributed by atoms with Crippen molar-refractivity contribution in [2.45, 2.75) is 6.54 Å². The largest absolute Gasteiger partial charge is 0.320 e. The Morgan fingerprint density at radius 2 is 1.92 bits per heavy atom. The standard InChI is InChI=1S/C18H14ClN5O/c19-17-16(24-11-4-3-8-15(24)22-17)18(25)21-14-7-2-1-6-13(14)12-23-10-5-9-20-23/h1-11H,12H2,(H,21,25). The van der Waals surface area contributed by atoms with Crippen LogP contribution in [0.5, 0.6) is 0 Å². The second-order valence-electron chi connectivity index (χ2n) is 5.49. The van der Waals surface area contributed by atoms with Gasteiger partial charge in [-0.25, -0.2) is 4.98 Å². The Labute approximate surface area is 148 Å². The summed E-state index contributed by atoms with van der Waals surface area (Å²) in [5.74, 6) is -0.309. The van der Waals surface area contributed by atoms with Gasteiger partial charge in [0.2, 0.25) is 0 Å². The third-order valence-corrected chi connectivity index (χ3v) is 4.12. The summed E-state index contributed by atoms with van der Waals surface area (Å²) in [6.07, 6.45) is 5.36. The zero-order valence-electron chi connectivity index (χ0n) is 13.1. The monoisotopic (exact) mass is 351 g/mol. The number of fused-ring (bicyclic) bond motifs is 1. The van der Waals surface area contributed by atoms with Gasteiger partial charge in [-0.15, -0.1) is 0 Å². The van der Waals surface area contributed by atoms with Crippen LogP contribution in [0.1, 0.15) is 16.1 Å². The predicted octanol–water partition coefficient (Wildman–Crippen LogP) is 3.48. The van der Waals surface area contributed by atoms with Gasteiger partial charge in [-0.1, -0.05) is 35.9 Å². The molecule has 0 spiro atoms. The first-order valence-electron chi connectivity index (χ1n) is 7.71. The van der Waals surface area contributed by atoms with E-state index in [1.54, 1.807) is 27.5 Å².